The van der Waals surface area contributed by atoms with Crippen molar-refractivity contribution in [1.82, 2.24) is 0 Å². The van der Waals surface area contributed by atoms with E-state index in [-0.39, 0.29) is 21.7 Å². The number of aryl methyl sites for hydroxylation is 1. The van der Waals surface area contributed by atoms with Crippen molar-refractivity contribution in [2.75, 3.05) is 0 Å². The predicted molar refractivity (Wildman–Crippen MR) is 66.6 cm³/mol. The van der Waals surface area contributed by atoms with E-state index in [2.05, 4.69) is 0 Å². The zero-order valence-corrected chi connectivity index (χ0v) is 10.7. The normalized spacial score (nSPS) is 12.5. The molecule has 0 saturated heterocycles. The summed E-state index contributed by atoms with van der Waals surface area (Å²) in [5, 5.41) is 9.80. The van der Waals surface area contributed by atoms with Crippen LogP contribution in [0.25, 0.3) is 0 Å². The number of aliphatic hydroxyl groups excluding tert-OH is 1. The quantitative estimate of drug-likeness (QED) is 0.879. The summed E-state index contributed by atoms with van der Waals surface area (Å²) in [6, 6.07) is 5.73. The van der Waals surface area contributed by atoms with Crippen LogP contribution >= 0.6 is 11.6 Å². The van der Waals surface area contributed by atoms with Gasteiger partial charge in [0.05, 0.1) is 5.02 Å². The fourth-order valence-corrected chi connectivity index (χ4v) is 2.02. The summed E-state index contributed by atoms with van der Waals surface area (Å²) < 4.78 is 40.1. The van der Waals surface area contributed by atoms with Crippen molar-refractivity contribution < 1.29 is 18.3 Å². The lowest BCUT2D eigenvalue weighted by atomic mass is 9.99. The lowest BCUT2D eigenvalue weighted by Crippen LogP contribution is -2.05. The molecule has 2 aromatic rings. The Bertz CT molecular complexity index is 628. The van der Waals surface area contributed by atoms with Crippen LogP contribution in [0.4, 0.5) is 13.2 Å². The van der Waals surface area contributed by atoms with E-state index in [9.17, 15) is 18.3 Å². The number of hydrogen-bond acceptors (Lipinski definition) is 1. The minimum atomic E-state index is -1.46. The molecule has 0 amide bonds. The fraction of sp³-hybridized carbons (Fsp3) is 0.143. The first-order valence-electron chi connectivity index (χ1n) is 5.49. The Labute approximate surface area is 113 Å². The van der Waals surface area contributed by atoms with Crippen molar-refractivity contribution in [3.05, 3.63) is 69.5 Å². The molecule has 0 spiro atoms. The van der Waals surface area contributed by atoms with Gasteiger partial charge in [-0.15, -0.1) is 0 Å². The van der Waals surface area contributed by atoms with Crippen molar-refractivity contribution in [2.45, 2.75) is 13.0 Å². The first-order valence-corrected chi connectivity index (χ1v) is 5.87. The maximum Gasteiger partial charge on any atom is 0.142 e. The van der Waals surface area contributed by atoms with Crippen LogP contribution in [0.5, 0.6) is 0 Å². The van der Waals surface area contributed by atoms with Crippen LogP contribution in [-0.4, -0.2) is 5.11 Å². The monoisotopic (exact) mass is 286 g/mol. The van der Waals surface area contributed by atoms with Crippen LogP contribution < -0.4 is 0 Å². The Morgan fingerprint density at radius 2 is 1.68 bits per heavy atom. The minimum absolute atomic E-state index is 0.0339. The molecular formula is C14H10ClF3O. The molecule has 0 fully saturated rings. The molecule has 0 aromatic heterocycles. The van der Waals surface area contributed by atoms with Gasteiger partial charge in [-0.2, -0.15) is 0 Å². The van der Waals surface area contributed by atoms with Gasteiger partial charge in [0, 0.05) is 17.2 Å². The molecule has 5 heteroatoms. The van der Waals surface area contributed by atoms with Gasteiger partial charge in [0.25, 0.3) is 0 Å². The number of halogens is 4. The second-order valence-electron chi connectivity index (χ2n) is 4.17. The van der Waals surface area contributed by atoms with Crippen LogP contribution in [0.3, 0.4) is 0 Å². The maximum absolute atomic E-state index is 13.7. The van der Waals surface area contributed by atoms with Gasteiger partial charge >= 0.3 is 0 Å². The average molecular weight is 287 g/mol. The van der Waals surface area contributed by atoms with Gasteiger partial charge in [0.1, 0.15) is 23.6 Å². The number of aliphatic hydroxyl groups is 1. The molecule has 1 N–H and O–H groups in total. The summed E-state index contributed by atoms with van der Waals surface area (Å²) in [7, 11) is 0. The highest BCUT2D eigenvalue weighted by Crippen LogP contribution is 2.32. The molecule has 1 nitrogen and oxygen atoms in total. The Kier molecular flexibility index (Phi) is 3.83. The van der Waals surface area contributed by atoms with Crippen LogP contribution in [0.2, 0.25) is 5.02 Å². The number of rotatable bonds is 2. The molecule has 2 aromatic carbocycles. The molecule has 100 valence electrons. The van der Waals surface area contributed by atoms with Crippen LogP contribution in [-0.2, 0) is 0 Å². The smallest absolute Gasteiger partial charge is 0.142 e. The Morgan fingerprint density at radius 3 is 2.37 bits per heavy atom. The van der Waals surface area contributed by atoms with Gasteiger partial charge in [0.15, 0.2) is 0 Å². The molecule has 0 heterocycles. The van der Waals surface area contributed by atoms with Crippen molar-refractivity contribution in [1.29, 1.82) is 0 Å². The van der Waals surface area contributed by atoms with E-state index in [0.29, 0.717) is 6.07 Å². The highest BCUT2D eigenvalue weighted by atomic mass is 35.5. The van der Waals surface area contributed by atoms with E-state index in [4.69, 9.17) is 11.6 Å². The molecule has 0 aliphatic rings. The third-order valence-corrected chi connectivity index (χ3v) is 3.25. The molecule has 0 radical (unpaired) electrons. The molecule has 0 aliphatic carbocycles. The molecule has 2 rings (SSSR count). The summed E-state index contributed by atoms with van der Waals surface area (Å²) in [6.07, 6.45) is -1.46. The molecular weight excluding hydrogens is 277 g/mol. The molecule has 19 heavy (non-hydrogen) atoms. The van der Waals surface area contributed by atoms with Crippen molar-refractivity contribution in [3.8, 4) is 0 Å². The van der Waals surface area contributed by atoms with E-state index in [0.717, 1.165) is 6.07 Å². The lowest BCUT2D eigenvalue weighted by molar-refractivity contribution is 0.214. The van der Waals surface area contributed by atoms with E-state index < -0.39 is 23.6 Å². The van der Waals surface area contributed by atoms with Crippen LogP contribution in [0.1, 0.15) is 22.8 Å². The maximum atomic E-state index is 13.7. The zero-order valence-electron chi connectivity index (χ0n) is 9.92. The Hall–Kier alpha value is -1.52. The Morgan fingerprint density at radius 1 is 1.00 bits per heavy atom. The molecule has 1 atom stereocenters. The van der Waals surface area contributed by atoms with Gasteiger partial charge in [-0.3, -0.25) is 0 Å². The summed E-state index contributed by atoms with van der Waals surface area (Å²) >= 11 is 5.73. The van der Waals surface area contributed by atoms with Gasteiger partial charge in [-0.25, -0.2) is 13.2 Å². The second kappa shape index (κ2) is 5.23. The summed E-state index contributed by atoms with van der Waals surface area (Å²) in [5.41, 5.74) is 0.0703. The van der Waals surface area contributed by atoms with Gasteiger partial charge in [-0.1, -0.05) is 23.7 Å². The molecule has 1 unspecified atom stereocenters. The molecule has 0 bridgehead atoms. The number of benzene rings is 2. The first-order chi connectivity index (χ1) is 8.91. The fourth-order valence-electron chi connectivity index (χ4n) is 1.79. The van der Waals surface area contributed by atoms with E-state index in [1.54, 1.807) is 0 Å². The number of hydrogen-bond donors (Lipinski definition) is 1. The highest BCUT2D eigenvalue weighted by molar-refractivity contribution is 6.31. The zero-order chi connectivity index (χ0) is 14.2. The Balaban J connectivity index is 2.53. The van der Waals surface area contributed by atoms with E-state index in [1.807, 2.05) is 0 Å². The van der Waals surface area contributed by atoms with Crippen LogP contribution in [0, 0.1) is 24.4 Å². The topological polar surface area (TPSA) is 20.2 Å². The van der Waals surface area contributed by atoms with E-state index in [1.165, 1.54) is 25.1 Å². The minimum Gasteiger partial charge on any atom is -0.383 e. The van der Waals surface area contributed by atoms with Crippen molar-refractivity contribution in [2.24, 2.45) is 0 Å². The van der Waals surface area contributed by atoms with Gasteiger partial charge in [0.2, 0.25) is 0 Å². The molecule has 0 aliphatic heterocycles. The van der Waals surface area contributed by atoms with E-state index >= 15 is 0 Å². The summed E-state index contributed by atoms with van der Waals surface area (Å²) in [4.78, 5) is 0. The lowest BCUT2D eigenvalue weighted by Gasteiger charge is -2.15. The summed E-state index contributed by atoms with van der Waals surface area (Å²) in [5.74, 6) is -2.33. The molecule has 0 saturated carbocycles. The second-order valence-corrected chi connectivity index (χ2v) is 4.55. The first kappa shape index (κ1) is 13.9. The third kappa shape index (κ3) is 2.60. The predicted octanol–water partition coefficient (Wildman–Crippen LogP) is 4.15. The largest absolute Gasteiger partial charge is 0.383 e. The third-order valence-electron chi connectivity index (χ3n) is 2.85. The average Bonchev–Trinajstić information content (AvgIpc) is 2.36. The van der Waals surface area contributed by atoms with Crippen molar-refractivity contribution in [3.63, 3.8) is 0 Å². The van der Waals surface area contributed by atoms with Gasteiger partial charge in [-0.05, 0) is 24.6 Å². The van der Waals surface area contributed by atoms with Crippen LogP contribution in [0.15, 0.2) is 30.3 Å². The standard InChI is InChI=1S/C14H10ClF3O/c1-7-5-9(12(18)6-11(7)17)14(19)8-3-2-4-10(16)13(8)15/h2-6,14,19H,1H3. The van der Waals surface area contributed by atoms with Gasteiger partial charge < -0.3 is 5.11 Å². The SMILES string of the molecule is Cc1cc(C(O)c2cccc(F)c2Cl)c(F)cc1F. The van der Waals surface area contributed by atoms with Crippen molar-refractivity contribution >= 4 is 11.6 Å². The highest BCUT2D eigenvalue weighted by Gasteiger charge is 2.20. The summed E-state index contributed by atoms with van der Waals surface area (Å²) in [6.45, 7) is 1.44.